The van der Waals surface area contributed by atoms with Gasteiger partial charge >= 0.3 is 0 Å². The maximum Gasteiger partial charge on any atom is 0.224 e. The highest BCUT2D eigenvalue weighted by Gasteiger charge is 2.13. The Morgan fingerprint density at radius 1 is 1.24 bits per heavy atom. The summed E-state index contributed by atoms with van der Waals surface area (Å²) in [6, 6.07) is 11.1. The number of rotatable bonds is 10. The monoisotopic (exact) mass is 453 g/mol. The Morgan fingerprint density at radius 3 is 2.70 bits per heavy atom. The first-order valence-electron chi connectivity index (χ1n) is 10.6. The molecule has 0 saturated carbocycles. The zero-order chi connectivity index (χ0) is 24.2. The van der Waals surface area contributed by atoms with Crippen LogP contribution in [-0.4, -0.2) is 56.7 Å². The van der Waals surface area contributed by atoms with E-state index in [2.05, 4.69) is 15.6 Å². The molecule has 1 amide bonds. The number of likely N-dealkylation sites (N-methyl/N-ethyl adjacent to an activating group) is 1. The predicted octanol–water partition coefficient (Wildman–Crippen LogP) is 1.47. The minimum absolute atomic E-state index is 0.118. The van der Waals surface area contributed by atoms with Gasteiger partial charge in [-0.15, -0.1) is 0 Å². The number of carbonyl (C=O) groups excluding carboxylic acids is 3. The third-order valence-corrected chi connectivity index (χ3v) is 5.07. The molecule has 0 aromatic heterocycles. The second-order valence-corrected chi connectivity index (χ2v) is 7.50. The number of anilines is 2. The van der Waals surface area contributed by atoms with Gasteiger partial charge in [-0.3, -0.25) is 14.6 Å². The molecular formula is C24H31N5O4. The van der Waals surface area contributed by atoms with Gasteiger partial charge in [0, 0.05) is 55.5 Å². The van der Waals surface area contributed by atoms with Gasteiger partial charge in [0.05, 0.1) is 13.2 Å². The number of fused-ring (bicyclic) bond motifs is 1. The summed E-state index contributed by atoms with van der Waals surface area (Å²) in [6.45, 7) is 1.92. The van der Waals surface area contributed by atoms with E-state index >= 15 is 0 Å². The molecule has 9 heteroatoms. The van der Waals surface area contributed by atoms with Crippen molar-refractivity contribution in [3.8, 4) is 0 Å². The number of aliphatic hydroxyl groups excluding tert-OH is 1. The molecule has 176 valence electrons. The molecule has 0 atom stereocenters. The van der Waals surface area contributed by atoms with Crippen LogP contribution in [0.15, 0.2) is 41.4 Å². The number of hydrogen-bond acceptors (Lipinski definition) is 8. The van der Waals surface area contributed by atoms with Crippen LogP contribution in [0.25, 0.3) is 0 Å². The average Bonchev–Trinajstić information content (AvgIpc) is 3.18. The smallest absolute Gasteiger partial charge is 0.224 e. The van der Waals surface area contributed by atoms with Crippen molar-refractivity contribution in [3.05, 3.63) is 58.7 Å². The van der Waals surface area contributed by atoms with E-state index in [4.69, 9.17) is 10.8 Å². The Kier molecular flexibility index (Phi) is 10.2. The molecule has 5 N–H and O–H groups in total. The number of nitrogens with zero attached hydrogens (tertiary/aromatic N) is 2. The number of nitrogens with two attached hydrogens (primary N) is 1. The highest BCUT2D eigenvalue weighted by molar-refractivity contribution is 6.01. The first kappa shape index (κ1) is 25.7. The SMILES string of the molecule is CNCc1cc(N(C)CCO)ccc1C=O.NC1=NCc2cc(NC(=O)CCC=O)ccc21. The molecule has 1 aliphatic rings. The molecule has 0 spiro atoms. The Hall–Kier alpha value is -3.56. The van der Waals surface area contributed by atoms with E-state index in [1.807, 2.05) is 49.3 Å². The fraction of sp³-hybridized carbons (Fsp3) is 0.333. The summed E-state index contributed by atoms with van der Waals surface area (Å²) < 4.78 is 0. The van der Waals surface area contributed by atoms with Crippen molar-refractivity contribution in [3.63, 3.8) is 0 Å². The molecule has 2 aromatic carbocycles. The van der Waals surface area contributed by atoms with Gasteiger partial charge in [-0.25, -0.2) is 0 Å². The molecule has 0 bridgehead atoms. The number of amidine groups is 1. The van der Waals surface area contributed by atoms with Crippen LogP contribution in [0.4, 0.5) is 11.4 Å². The average molecular weight is 454 g/mol. The first-order valence-corrected chi connectivity index (χ1v) is 10.6. The van der Waals surface area contributed by atoms with Gasteiger partial charge in [-0.1, -0.05) is 0 Å². The summed E-state index contributed by atoms with van der Waals surface area (Å²) in [4.78, 5) is 38.4. The lowest BCUT2D eigenvalue weighted by atomic mass is 10.1. The van der Waals surface area contributed by atoms with Crippen LogP contribution in [0.3, 0.4) is 0 Å². The van der Waals surface area contributed by atoms with E-state index in [-0.39, 0.29) is 25.4 Å². The van der Waals surface area contributed by atoms with Crippen molar-refractivity contribution >= 4 is 35.7 Å². The Balaban J connectivity index is 0.000000234. The number of aldehydes is 2. The van der Waals surface area contributed by atoms with Gasteiger partial charge in [0.15, 0.2) is 0 Å². The van der Waals surface area contributed by atoms with Gasteiger partial charge in [-0.2, -0.15) is 0 Å². The van der Waals surface area contributed by atoms with Crippen molar-refractivity contribution in [2.45, 2.75) is 25.9 Å². The highest BCUT2D eigenvalue weighted by Crippen LogP contribution is 2.21. The third-order valence-electron chi connectivity index (χ3n) is 5.07. The van der Waals surface area contributed by atoms with E-state index < -0.39 is 0 Å². The lowest BCUT2D eigenvalue weighted by Crippen LogP contribution is -2.21. The van der Waals surface area contributed by atoms with Crippen molar-refractivity contribution in [2.75, 3.05) is 37.5 Å². The zero-order valence-electron chi connectivity index (χ0n) is 19.0. The molecule has 0 fully saturated rings. The van der Waals surface area contributed by atoms with Gasteiger partial charge in [0.2, 0.25) is 5.91 Å². The quantitative estimate of drug-likeness (QED) is 0.400. The van der Waals surface area contributed by atoms with Crippen molar-refractivity contribution in [1.82, 2.24) is 5.32 Å². The summed E-state index contributed by atoms with van der Waals surface area (Å²) in [5.74, 6) is 0.378. The number of nitrogens with one attached hydrogen (secondary N) is 2. The number of carbonyl (C=O) groups is 3. The third kappa shape index (κ3) is 7.51. The number of amides is 1. The molecule has 2 aromatic rings. The van der Waals surface area contributed by atoms with Gasteiger partial charge < -0.3 is 31.2 Å². The minimum atomic E-state index is -0.163. The van der Waals surface area contributed by atoms with Crippen LogP contribution in [-0.2, 0) is 22.7 Å². The fourth-order valence-corrected chi connectivity index (χ4v) is 3.29. The minimum Gasteiger partial charge on any atom is -0.395 e. The summed E-state index contributed by atoms with van der Waals surface area (Å²) in [6.07, 6.45) is 2.05. The second kappa shape index (κ2) is 13.1. The molecule has 3 rings (SSSR count). The van der Waals surface area contributed by atoms with Gasteiger partial charge in [0.1, 0.15) is 18.4 Å². The lowest BCUT2D eigenvalue weighted by Gasteiger charge is -2.19. The molecule has 1 heterocycles. The van der Waals surface area contributed by atoms with Crippen molar-refractivity contribution in [2.24, 2.45) is 10.7 Å². The topological polar surface area (TPSA) is 137 Å². The van der Waals surface area contributed by atoms with E-state index in [1.165, 1.54) is 0 Å². The highest BCUT2D eigenvalue weighted by atomic mass is 16.3. The maximum absolute atomic E-state index is 11.4. The summed E-state index contributed by atoms with van der Waals surface area (Å²) >= 11 is 0. The second-order valence-electron chi connectivity index (χ2n) is 7.50. The molecule has 0 radical (unpaired) electrons. The number of aliphatic imine (C=N–C) groups is 1. The largest absolute Gasteiger partial charge is 0.395 e. The number of hydrogen-bond donors (Lipinski definition) is 4. The van der Waals surface area contributed by atoms with Gasteiger partial charge in [-0.05, 0) is 54.6 Å². The molecule has 9 nitrogen and oxygen atoms in total. The van der Waals surface area contributed by atoms with Crippen LogP contribution in [0.1, 0.15) is 39.9 Å². The number of aliphatic hydroxyl groups is 1. The van der Waals surface area contributed by atoms with Gasteiger partial charge in [0.25, 0.3) is 0 Å². The molecule has 0 aliphatic carbocycles. The summed E-state index contributed by atoms with van der Waals surface area (Å²) in [7, 11) is 3.76. The van der Waals surface area contributed by atoms with Crippen molar-refractivity contribution in [1.29, 1.82) is 0 Å². The normalized spacial score (nSPS) is 11.5. The standard InChI is InChI=1S/C12H13N3O2.C12H18N2O2/c13-12-10-4-3-9(6-8(10)7-14-12)15-11(17)2-1-5-16;1-13-8-11-7-12(14(2)5-6-15)4-3-10(11)9-16/h3-6H,1-2,7H2,(H2,13,14)(H,15,17);3-4,7,9,13,15H,5-6,8H2,1-2H3. The van der Waals surface area contributed by atoms with Crippen molar-refractivity contribution < 1.29 is 19.5 Å². The number of benzene rings is 2. The molecular weight excluding hydrogens is 422 g/mol. The van der Waals surface area contributed by atoms with E-state index in [9.17, 15) is 14.4 Å². The molecule has 33 heavy (non-hydrogen) atoms. The van der Waals surface area contributed by atoms with Crippen LogP contribution < -0.4 is 21.3 Å². The predicted molar refractivity (Wildman–Crippen MR) is 130 cm³/mol. The first-order chi connectivity index (χ1) is 15.9. The fourth-order valence-electron chi connectivity index (χ4n) is 3.29. The van der Waals surface area contributed by atoms with Crippen LogP contribution >= 0.6 is 0 Å². The Morgan fingerprint density at radius 2 is 2.03 bits per heavy atom. The van der Waals surface area contributed by atoms with Crippen LogP contribution in [0, 0.1) is 0 Å². The summed E-state index contributed by atoms with van der Waals surface area (Å²) in [5.41, 5.74) is 11.0. The molecule has 0 unspecified atom stereocenters. The zero-order valence-corrected chi connectivity index (χ0v) is 19.0. The van der Waals surface area contributed by atoms with Crippen LogP contribution in [0.2, 0.25) is 0 Å². The Labute approximate surface area is 193 Å². The van der Waals surface area contributed by atoms with E-state index in [0.29, 0.717) is 36.7 Å². The molecule has 1 aliphatic heterocycles. The maximum atomic E-state index is 11.4. The van der Waals surface area contributed by atoms with E-state index in [0.717, 1.165) is 35.0 Å². The van der Waals surface area contributed by atoms with Crippen LogP contribution in [0.5, 0.6) is 0 Å². The summed E-state index contributed by atoms with van der Waals surface area (Å²) in [5, 5.41) is 14.6. The Bertz CT molecular complexity index is 1010. The van der Waals surface area contributed by atoms with E-state index in [1.54, 1.807) is 6.07 Å². The lowest BCUT2D eigenvalue weighted by molar-refractivity contribution is -0.118. The molecule has 0 saturated heterocycles.